The Bertz CT molecular complexity index is 485. The number of nitrogens with two attached hydrogens (primary N) is 1. The smallest absolute Gasteiger partial charge is 0.197 e. The fourth-order valence-electron chi connectivity index (χ4n) is 1.38. The highest BCUT2D eigenvalue weighted by Crippen LogP contribution is 2.15. The third-order valence-corrected chi connectivity index (χ3v) is 2.15. The van der Waals surface area contributed by atoms with E-state index in [1.165, 1.54) is 11.1 Å². The van der Waals surface area contributed by atoms with E-state index in [9.17, 15) is 18.7 Å². The van der Waals surface area contributed by atoms with Crippen molar-refractivity contribution in [3.05, 3.63) is 47.2 Å². The van der Waals surface area contributed by atoms with Crippen LogP contribution < -0.4 is 5.73 Å². The lowest BCUT2D eigenvalue weighted by Crippen LogP contribution is -2.29. The Hall–Kier alpha value is -1.79. The van der Waals surface area contributed by atoms with Gasteiger partial charge in [-0.15, -0.1) is 0 Å². The zero-order valence-corrected chi connectivity index (χ0v) is 10.0. The van der Waals surface area contributed by atoms with Crippen molar-refractivity contribution < 1.29 is 18.7 Å². The van der Waals surface area contributed by atoms with Gasteiger partial charge in [0.15, 0.2) is 5.78 Å². The number of hydrogen-bond acceptors (Lipinski definition) is 4. The number of benzene rings is 1. The molecule has 1 aromatic rings. The maximum atomic E-state index is 13.4. The van der Waals surface area contributed by atoms with Gasteiger partial charge in [0, 0.05) is 26.4 Å². The summed E-state index contributed by atoms with van der Waals surface area (Å²) in [6.45, 7) is 0. The second kappa shape index (κ2) is 5.70. The Kier molecular flexibility index (Phi) is 4.52. The summed E-state index contributed by atoms with van der Waals surface area (Å²) in [4.78, 5) is 13.4. The number of ketones is 1. The molecule has 1 atom stereocenters. The summed E-state index contributed by atoms with van der Waals surface area (Å²) in [7, 11) is 3.24. The lowest BCUT2D eigenvalue weighted by Gasteiger charge is -2.13. The third kappa shape index (κ3) is 3.35. The van der Waals surface area contributed by atoms with E-state index >= 15 is 0 Å². The molecule has 0 fully saturated rings. The SMILES string of the molecule is CN(C)/C=C(/C(=O)c1ccc(F)cc1F)[C@H](N)O. The molecule has 0 unspecified atom stereocenters. The molecule has 0 aliphatic heterocycles. The number of rotatable bonds is 4. The zero-order chi connectivity index (χ0) is 13.9. The summed E-state index contributed by atoms with van der Waals surface area (Å²) in [6, 6.07) is 2.58. The highest BCUT2D eigenvalue weighted by molar-refractivity contribution is 6.09. The molecule has 0 saturated carbocycles. The minimum absolute atomic E-state index is 0.175. The molecule has 6 heteroatoms. The molecule has 0 aliphatic carbocycles. The largest absolute Gasteiger partial charge is 0.383 e. The van der Waals surface area contributed by atoms with Crippen molar-refractivity contribution in [3.63, 3.8) is 0 Å². The maximum Gasteiger partial charge on any atom is 0.197 e. The van der Waals surface area contributed by atoms with Gasteiger partial charge in [0.2, 0.25) is 0 Å². The minimum atomic E-state index is -1.54. The Morgan fingerprint density at radius 2 is 2.06 bits per heavy atom. The molecule has 0 amide bonds. The molecule has 98 valence electrons. The first kappa shape index (κ1) is 14.3. The van der Waals surface area contributed by atoms with Gasteiger partial charge in [-0.25, -0.2) is 8.78 Å². The number of hydrogen-bond donors (Lipinski definition) is 2. The topological polar surface area (TPSA) is 66.6 Å². The van der Waals surface area contributed by atoms with E-state index in [1.807, 2.05) is 0 Å². The van der Waals surface area contributed by atoms with Gasteiger partial charge in [-0.1, -0.05) is 0 Å². The second-order valence-electron chi connectivity index (χ2n) is 3.95. The van der Waals surface area contributed by atoms with Crippen molar-refractivity contribution in [2.24, 2.45) is 5.73 Å². The molecule has 4 nitrogen and oxygen atoms in total. The first-order chi connectivity index (χ1) is 8.32. The van der Waals surface area contributed by atoms with E-state index in [2.05, 4.69) is 0 Å². The highest BCUT2D eigenvalue weighted by atomic mass is 19.1. The van der Waals surface area contributed by atoms with Crippen LogP contribution in [0.1, 0.15) is 10.4 Å². The normalized spacial score (nSPS) is 13.3. The Morgan fingerprint density at radius 3 is 2.50 bits per heavy atom. The summed E-state index contributed by atoms with van der Waals surface area (Å²) in [6.07, 6.45) is -0.250. The van der Waals surface area contributed by atoms with Crippen molar-refractivity contribution in [3.8, 4) is 0 Å². The lowest BCUT2D eigenvalue weighted by atomic mass is 10.0. The van der Waals surface area contributed by atoms with E-state index in [-0.39, 0.29) is 11.1 Å². The van der Waals surface area contributed by atoms with E-state index in [0.717, 1.165) is 12.1 Å². The summed E-state index contributed by atoms with van der Waals surface area (Å²) >= 11 is 0. The monoisotopic (exact) mass is 256 g/mol. The lowest BCUT2D eigenvalue weighted by molar-refractivity contribution is 0.0983. The van der Waals surface area contributed by atoms with Gasteiger partial charge in [0.05, 0.1) is 11.1 Å². The molecule has 0 bridgehead atoms. The summed E-state index contributed by atoms with van der Waals surface area (Å²) in [5.41, 5.74) is 4.73. The van der Waals surface area contributed by atoms with Crippen molar-refractivity contribution in [2.45, 2.75) is 6.23 Å². The molecule has 1 aromatic carbocycles. The fourth-order valence-corrected chi connectivity index (χ4v) is 1.38. The van der Waals surface area contributed by atoms with Gasteiger partial charge in [-0.05, 0) is 12.1 Å². The number of Topliss-reactive ketones (excluding diaryl/α,β-unsaturated/α-hetero) is 1. The zero-order valence-electron chi connectivity index (χ0n) is 10.0. The van der Waals surface area contributed by atoms with Crippen LogP contribution in [0.2, 0.25) is 0 Å². The average molecular weight is 256 g/mol. The van der Waals surface area contributed by atoms with Gasteiger partial charge >= 0.3 is 0 Å². The molecule has 0 aromatic heterocycles. The van der Waals surface area contributed by atoms with Crippen LogP contribution in [0.4, 0.5) is 8.78 Å². The van der Waals surface area contributed by atoms with Crippen LogP contribution in [-0.2, 0) is 0 Å². The van der Waals surface area contributed by atoms with Gasteiger partial charge in [0.25, 0.3) is 0 Å². The number of carbonyl (C=O) groups is 1. The van der Waals surface area contributed by atoms with Crippen LogP contribution in [0.3, 0.4) is 0 Å². The quantitative estimate of drug-likeness (QED) is 0.476. The Labute approximate surface area is 103 Å². The summed E-state index contributed by atoms with van der Waals surface area (Å²) in [5, 5.41) is 9.30. The Balaban J connectivity index is 3.18. The number of halogens is 2. The molecule has 18 heavy (non-hydrogen) atoms. The summed E-state index contributed by atoms with van der Waals surface area (Å²) < 4.78 is 26.2. The Morgan fingerprint density at radius 1 is 1.44 bits per heavy atom. The predicted molar refractivity (Wildman–Crippen MR) is 62.7 cm³/mol. The third-order valence-electron chi connectivity index (χ3n) is 2.15. The molecular weight excluding hydrogens is 242 g/mol. The van der Waals surface area contributed by atoms with E-state index in [0.29, 0.717) is 6.07 Å². The summed E-state index contributed by atoms with van der Waals surface area (Å²) in [5.74, 6) is -2.56. The van der Waals surface area contributed by atoms with Crippen LogP contribution in [-0.4, -0.2) is 36.1 Å². The molecule has 0 spiro atoms. The standard InChI is InChI=1S/C12H14F2N2O2/c1-16(2)6-9(12(15)18)11(17)8-4-3-7(13)5-10(8)14/h3-6,12,18H,15H2,1-2H3/b9-6-/t12-/m1/s1. The van der Waals surface area contributed by atoms with Crippen LogP contribution in [0.5, 0.6) is 0 Å². The van der Waals surface area contributed by atoms with E-state index in [1.54, 1.807) is 14.1 Å². The van der Waals surface area contributed by atoms with Crippen molar-refractivity contribution in [2.75, 3.05) is 14.1 Å². The molecule has 0 aliphatic rings. The number of aliphatic hydroxyl groups excluding tert-OH is 1. The first-order valence-corrected chi connectivity index (χ1v) is 5.14. The van der Waals surface area contributed by atoms with E-state index in [4.69, 9.17) is 5.73 Å². The molecule has 0 heterocycles. The first-order valence-electron chi connectivity index (χ1n) is 5.14. The number of carbonyl (C=O) groups excluding carboxylic acids is 1. The highest BCUT2D eigenvalue weighted by Gasteiger charge is 2.21. The van der Waals surface area contributed by atoms with Crippen LogP contribution in [0.15, 0.2) is 30.0 Å². The van der Waals surface area contributed by atoms with Gasteiger partial charge < -0.3 is 15.7 Å². The van der Waals surface area contributed by atoms with Crippen molar-refractivity contribution in [1.82, 2.24) is 4.90 Å². The predicted octanol–water partition coefficient (Wildman–Crippen LogP) is 0.870. The van der Waals surface area contributed by atoms with Crippen LogP contribution in [0.25, 0.3) is 0 Å². The van der Waals surface area contributed by atoms with Crippen molar-refractivity contribution >= 4 is 5.78 Å². The van der Waals surface area contributed by atoms with Crippen molar-refractivity contribution in [1.29, 1.82) is 0 Å². The van der Waals surface area contributed by atoms with Gasteiger partial charge in [-0.3, -0.25) is 4.79 Å². The molecule has 0 saturated heterocycles. The van der Waals surface area contributed by atoms with Gasteiger partial charge in [0.1, 0.15) is 17.9 Å². The second-order valence-corrected chi connectivity index (χ2v) is 3.95. The average Bonchev–Trinajstić information content (AvgIpc) is 2.24. The molecule has 3 N–H and O–H groups in total. The minimum Gasteiger partial charge on any atom is -0.383 e. The van der Waals surface area contributed by atoms with Crippen LogP contribution in [0, 0.1) is 11.6 Å². The molecular formula is C12H14F2N2O2. The van der Waals surface area contributed by atoms with Crippen LogP contribution >= 0.6 is 0 Å². The molecule has 0 radical (unpaired) electrons. The number of nitrogens with zero attached hydrogens (tertiary/aromatic N) is 1. The van der Waals surface area contributed by atoms with E-state index < -0.39 is 23.6 Å². The number of aliphatic hydroxyl groups is 1. The maximum absolute atomic E-state index is 13.4. The molecule has 1 rings (SSSR count). The van der Waals surface area contributed by atoms with Gasteiger partial charge in [-0.2, -0.15) is 0 Å². The fraction of sp³-hybridized carbons (Fsp3) is 0.250.